The molecule has 2 atom stereocenters. The maximum Gasteiger partial charge on any atom is 0.194 e. The minimum Gasteiger partial charge on any atom is -0.330 e. The molecule has 0 spiro atoms. The van der Waals surface area contributed by atoms with Crippen molar-refractivity contribution in [2.75, 3.05) is 6.54 Å². The average Bonchev–Trinajstić information content (AvgIpc) is 2.80. The molecule has 0 bridgehead atoms. The third-order valence-corrected chi connectivity index (χ3v) is 4.27. The second kappa shape index (κ2) is 3.06. The molecule has 1 fully saturated rings. The molecule has 2 N–H and O–H groups in total. The standard InChI is InChI=1S/C11H15N3S/c1-6-5-15-11-13-7(2)10(14(6)11)9-3-8(9)4-12/h5,8-9H,3-4,12H2,1-2H3. The molecule has 0 radical (unpaired) electrons. The number of hydrogen-bond donors (Lipinski definition) is 1. The molecule has 1 saturated carbocycles. The van der Waals surface area contributed by atoms with Gasteiger partial charge >= 0.3 is 0 Å². The summed E-state index contributed by atoms with van der Waals surface area (Å²) in [7, 11) is 0. The number of thiazole rings is 1. The number of nitrogens with zero attached hydrogens (tertiary/aromatic N) is 2. The maximum absolute atomic E-state index is 5.71. The third-order valence-electron chi connectivity index (χ3n) is 3.33. The summed E-state index contributed by atoms with van der Waals surface area (Å²) in [5, 5.41) is 2.17. The van der Waals surface area contributed by atoms with Gasteiger partial charge < -0.3 is 5.73 Å². The number of fused-ring (bicyclic) bond motifs is 1. The summed E-state index contributed by atoms with van der Waals surface area (Å²) in [5.41, 5.74) is 9.60. The Bertz CT molecular complexity index is 511. The summed E-state index contributed by atoms with van der Waals surface area (Å²) in [5.74, 6) is 1.33. The van der Waals surface area contributed by atoms with E-state index in [0.717, 1.165) is 11.5 Å². The first-order valence-electron chi connectivity index (χ1n) is 5.35. The normalized spacial score (nSPS) is 25.0. The Labute approximate surface area is 92.9 Å². The fourth-order valence-electron chi connectivity index (χ4n) is 2.40. The van der Waals surface area contributed by atoms with Gasteiger partial charge in [-0.3, -0.25) is 4.40 Å². The van der Waals surface area contributed by atoms with Gasteiger partial charge in [-0.05, 0) is 32.7 Å². The maximum atomic E-state index is 5.71. The fourth-order valence-corrected chi connectivity index (χ4v) is 3.32. The number of aromatic nitrogens is 2. The zero-order valence-corrected chi connectivity index (χ0v) is 9.84. The van der Waals surface area contributed by atoms with Gasteiger partial charge in [-0.2, -0.15) is 0 Å². The van der Waals surface area contributed by atoms with E-state index in [2.05, 4.69) is 28.6 Å². The molecule has 4 heteroatoms. The summed E-state index contributed by atoms with van der Waals surface area (Å²) in [6, 6.07) is 0. The summed E-state index contributed by atoms with van der Waals surface area (Å²) >= 11 is 1.72. The largest absolute Gasteiger partial charge is 0.330 e. The van der Waals surface area contributed by atoms with E-state index in [1.165, 1.54) is 23.5 Å². The Hall–Kier alpha value is -0.870. The lowest BCUT2D eigenvalue weighted by molar-refractivity contribution is 0.786. The summed E-state index contributed by atoms with van der Waals surface area (Å²) in [4.78, 5) is 5.73. The molecule has 3 nitrogen and oxygen atoms in total. The molecule has 1 aliphatic carbocycles. The van der Waals surface area contributed by atoms with Crippen molar-refractivity contribution in [1.29, 1.82) is 0 Å². The van der Waals surface area contributed by atoms with Crippen LogP contribution >= 0.6 is 11.3 Å². The van der Waals surface area contributed by atoms with Gasteiger partial charge in [0.25, 0.3) is 0 Å². The SMILES string of the molecule is Cc1nc2scc(C)n2c1C1CC1CN. The lowest BCUT2D eigenvalue weighted by Gasteiger charge is -2.01. The second-order valence-corrected chi connectivity index (χ2v) is 5.25. The van der Waals surface area contributed by atoms with Crippen molar-refractivity contribution in [3.8, 4) is 0 Å². The van der Waals surface area contributed by atoms with Crippen molar-refractivity contribution >= 4 is 16.3 Å². The molecule has 15 heavy (non-hydrogen) atoms. The van der Waals surface area contributed by atoms with E-state index in [9.17, 15) is 0 Å². The zero-order valence-electron chi connectivity index (χ0n) is 9.03. The first-order valence-corrected chi connectivity index (χ1v) is 6.23. The van der Waals surface area contributed by atoms with Gasteiger partial charge in [-0.1, -0.05) is 0 Å². The van der Waals surface area contributed by atoms with Crippen LogP contribution in [0, 0.1) is 19.8 Å². The van der Waals surface area contributed by atoms with Gasteiger partial charge in [0.15, 0.2) is 4.96 Å². The van der Waals surface area contributed by atoms with Crippen LogP contribution in [-0.2, 0) is 0 Å². The van der Waals surface area contributed by atoms with Gasteiger partial charge in [0, 0.05) is 22.7 Å². The van der Waals surface area contributed by atoms with Crippen LogP contribution in [0.4, 0.5) is 0 Å². The number of nitrogens with two attached hydrogens (primary N) is 1. The summed E-state index contributed by atoms with van der Waals surface area (Å²) < 4.78 is 2.31. The van der Waals surface area contributed by atoms with Gasteiger partial charge in [-0.25, -0.2) is 4.98 Å². The Kier molecular flexibility index (Phi) is 1.91. The van der Waals surface area contributed by atoms with E-state index >= 15 is 0 Å². The number of hydrogen-bond acceptors (Lipinski definition) is 3. The van der Waals surface area contributed by atoms with Crippen LogP contribution in [0.25, 0.3) is 4.96 Å². The van der Waals surface area contributed by atoms with Crippen LogP contribution in [0.5, 0.6) is 0 Å². The predicted molar refractivity (Wildman–Crippen MR) is 62.4 cm³/mol. The van der Waals surface area contributed by atoms with Crippen molar-refractivity contribution in [2.45, 2.75) is 26.2 Å². The Morgan fingerprint density at radius 3 is 3.07 bits per heavy atom. The van der Waals surface area contributed by atoms with Crippen molar-refractivity contribution in [3.63, 3.8) is 0 Å². The van der Waals surface area contributed by atoms with E-state index in [0.29, 0.717) is 11.8 Å². The number of imidazole rings is 1. The van der Waals surface area contributed by atoms with Gasteiger partial charge in [0.1, 0.15) is 0 Å². The molecule has 2 unspecified atom stereocenters. The number of aryl methyl sites for hydroxylation is 2. The predicted octanol–water partition coefficient (Wildman–Crippen LogP) is 2.07. The first-order chi connectivity index (χ1) is 7.22. The molecule has 1 aliphatic rings. The first kappa shape index (κ1) is 9.36. The highest BCUT2D eigenvalue weighted by atomic mass is 32.1. The molecule has 0 saturated heterocycles. The fraction of sp³-hybridized carbons (Fsp3) is 0.545. The van der Waals surface area contributed by atoms with Gasteiger partial charge in [-0.15, -0.1) is 11.3 Å². The average molecular weight is 221 g/mol. The second-order valence-electron chi connectivity index (χ2n) is 4.42. The Morgan fingerprint density at radius 1 is 1.60 bits per heavy atom. The van der Waals surface area contributed by atoms with Crippen LogP contribution in [0.3, 0.4) is 0 Å². The highest BCUT2D eigenvalue weighted by Gasteiger charge is 2.40. The Balaban J connectivity index is 2.16. The lowest BCUT2D eigenvalue weighted by Crippen LogP contribution is -2.03. The number of rotatable bonds is 2. The molecule has 80 valence electrons. The van der Waals surface area contributed by atoms with E-state index in [1.807, 2.05) is 0 Å². The molecule has 2 heterocycles. The summed E-state index contributed by atoms with van der Waals surface area (Å²) in [6.07, 6.45) is 1.24. The van der Waals surface area contributed by atoms with Gasteiger partial charge in [0.05, 0.1) is 5.69 Å². The lowest BCUT2D eigenvalue weighted by atomic mass is 10.2. The van der Waals surface area contributed by atoms with Crippen LogP contribution in [-0.4, -0.2) is 15.9 Å². The third kappa shape index (κ3) is 1.25. The van der Waals surface area contributed by atoms with Crippen molar-refractivity contribution in [2.24, 2.45) is 11.7 Å². The molecular formula is C11H15N3S. The minimum atomic E-state index is 0.651. The van der Waals surface area contributed by atoms with Crippen LogP contribution in [0.15, 0.2) is 5.38 Å². The molecule has 0 amide bonds. The van der Waals surface area contributed by atoms with E-state index in [1.54, 1.807) is 11.3 Å². The van der Waals surface area contributed by atoms with E-state index < -0.39 is 0 Å². The monoisotopic (exact) mass is 221 g/mol. The zero-order chi connectivity index (χ0) is 10.6. The molecule has 2 aromatic rings. The minimum absolute atomic E-state index is 0.651. The highest BCUT2D eigenvalue weighted by molar-refractivity contribution is 7.15. The molecule has 3 rings (SSSR count). The molecule has 2 aromatic heterocycles. The highest BCUT2D eigenvalue weighted by Crippen LogP contribution is 2.48. The Morgan fingerprint density at radius 2 is 2.40 bits per heavy atom. The summed E-state index contributed by atoms with van der Waals surface area (Å²) in [6.45, 7) is 5.06. The van der Waals surface area contributed by atoms with Crippen LogP contribution in [0.2, 0.25) is 0 Å². The van der Waals surface area contributed by atoms with Crippen molar-refractivity contribution < 1.29 is 0 Å². The topological polar surface area (TPSA) is 43.3 Å². The van der Waals surface area contributed by atoms with E-state index in [-0.39, 0.29) is 0 Å². The van der Waals surface area contributed by atoms with Gasteiger partial charge in [0.2, 0.25) is 0 Å². The quantitative estimate of drug-likeness (QED) is 0.843. The van der Waals surface area contributed by atoms with E-state index in [4.69, 9.17) is 5.73 Å². The van der Waals surface area contributed by atoms with Crippen LogP contribution in [0.1, 0.15) is 29.4 Å². The van der Waals surface area contributed by atoms with Crippen LogP contribution < -0.4 is 5.73 Å². The van der Waals surface area contributed by atoms with Crippen molar-refractivity contribution in [3.05, 3.63) is 22.5 Å². The molecular weight excluding hydrogens is 206 g/mol. The molecule has 0 aromatic carbocycles. The molecule has 0 aliphatic heterocycles. The van der Waals surface area contributed by atoms with Crippen molar-refractivity contribution in [1.82, 2.24) is 9.38 Å². The smallest absolute Gasteiger partial charge is 0.194 e.